The summed E-state index contributed by atoms with van der Waals surface area (Å²) in [6.07, 6.45) is 1.05. The first kappa shape index (κ1) is 27.9. The number of amides is 2. The van der Waals surface area contributed by atoms with Crippen LogP contribution in [0.1, 0.15) is 41.6 Å². The van der Waals surface area contributed by atoms with Gasteiger partial charge in [-0.15, -0.1) is 0 Å². The molecule has 0 unspecified atom stereocenters. The summed E-state index contributed by atoms with van der Waals surface area (Å²) >= 11 is 0. The van der Waals surface area contributed by atoms with Crippen molar-refractivity contribution in [1.82, 2.24) is 4.57 Å². The van der Waals surface area contributed by atoms with Gasteiger partial charge in [0.2, 0.25) is 6.41 Å². The summed E-state index contributed by atoms with van der Waals surface area (Å²) in [4.78, 5) is 38.6. The quantitative estimate of drug-likeness (QED) is 0.284. The first-order valence-corrected chi connectivity index (χ1v) is 12.6. The summed E-state index contributed by atoms with van der Waals surface area (Å²) in [5.41, 5.74) is 0.994. The van der Waals surface area contributed by atoms with E-state index < -0.39 is 17.6 Å². The molecule has 1 saturated carbocycles. The van der Waals surface area contributed by atoms with E-state index in [9.17, 15) is 27.6 Å². The highest BCUT2D eigenvalue weighted by atomic mass is 19.4. The van der Waals surface area contributed by atoms with Crippen LogP contribution in [0.4, 0.5) is 24.7 Å². The Bertz CT molecular complexity index is 1330. The summed E-state index contributed by atoms with van der Waals surface area (Å²) in [6, 6.07) is 13.0. The van der Waals surface area contributed by atoms with Crippen molar-refractivity contribution in [3.8, 4) is 11.1 Å². The Morgan fingerprint density at radius 1 is 1.08 bits per heavy atom. The molecule has 4 rings (SSSR count). The minimum absolute atomic E-state index is 0.0989. The van der Waals surface area contributed by atoms with Crippen LogP contribution in [-0.4, -0.2) is 36.5 Å². The van der Waals surface area contributed by atoms with Gasteiger partial charge in [-0.1, -0.05) is 30.3 Å². The number of carbonyl (C=O) groups is 3. The van der Waals surface area contributed by atoms with E-state index in [1.807, 2.05) is 0 Å². The standard InChI is InChI=1S/C29H30F3N3O4/c1-34-17-23(15-26(34)35(18-36)16-19-7-9-21(10-8-19)28(38)39-2)33-27(37)25-6-4-3-5-24(25)20-11-13-22(14-12-20)29(30,31)32/h3-6,11-15,17-19,21H,7-10,16H2,1-2H3,(H,33,37). The van der Waals surface area contributed by atoms with Crippen molar-refractivity contribution in [3.05, 3.63) is 71.9 Å². The molecule has 0 bridgehead atoms. The molecule has 3 aromatic rings. The molecule has 1 fully saturated rings. The molecule has 1 aliphatic rings. The van der Waals surface area contributed by atoms with Gasteiger partial charge in [-0.25, -0.2) is 0 Å². The van der Waals surface area contributed by atoms with Gasteiger partial charge in [-0.3, -0.25) is 14.4 Å². The Kier molecular flexibility index (Phi) is 8.42. The molecule has 0 spiro atoms. The van der Waals surface area contributed by atoms with Crippen LogP contribution in [0.25, 0.3) is 11.1 Å². The number of anilines is 2. The SMILES string of the molecule is COC(=O)C1CCC(CN(C=O)c2cc(NC(=O)c3ccccc3-c3ccc(C(F)(F)F)cc3)cn2C)CC1. The van der Waals surface area contributed by atoms with Gasteiger partial charge in [0.25, 0.3) is 5.91 Å². The van der Waals surface area contributed by atoms with Crippen molar-refractivity contribution in [2.45, 2.75) is 31.9 Å². The topological polar surface area (TPSA) is 80.6 Å². The largest absolute Gasteiger partial charge is 0.469 e. The van der Waals surface area contributed by atoms with Gasteiger partial charge in [-0.05, 0) is 60.9 Å². The van der Waals surface area contributed by atoms with Crippen molar-refractivity contribution in [2.24, 2.45) is 18.9 Å². The second-order valence-electron chi connectivity index (χ2n) is 9.77. The lowest BCUT2D eigenvalue weighted by atomic mass is 9.82. The van der Waals surface area contributed by atoms with Crippen LogP contribution in [0.5, 0.6) is 0 Å². The number of aryl methyl sites for hydroxylation is 1. The Morgan fingerprint density at radius 2 is 1.74 bits per heavy atom. The number of esters is 1. The molecule has 206 valence electrons. The number of aromatic nitrogens is 1. The Labute approximate surface area is 224 Å². The summed E-state index contributed by atoms with van der Waals surface area (Å²) in [5.74, 6) is 0.120. The molecular weight excluding hydrogens is 511 g/mol. The first-order chi connectivity index (χ1) is 18.6. The molecule has 0 saturated heterocycles. The number of benzene rings is 2. The van der Waals surface area contributed by atoms with Crippen LogP contribution < -0.4 is 10.2 Å². The fourth-order valence-electron chi connectivity index (χ4n) is 5.09. The summed E-state index contributed by atoms with van der Waals surface area (Å²) in [5, 5.41) is 2.84. The predicted octanol–water partition coefficient (Wildman–Crippen LogP) is 5.91. The summed E-state index contributed by atoms with van der Waals surface area (Å²) < 4.78 is 45.5. The van der Waals surface area contributed by atoms with Gasteiger partial charge < -0.3 is 19.5 Å². The second kappa shape index (κ2) is 11.8. The van der Waals surface area contributed by atoms with Crippen molar-refractivity contribution in [3.63, 3.8) is 0 Å². The number of ether oxygens (including phenoxy) is 1. The molecule has 7 nitrogen and oxygen atoms in total. The predicted molar refractivity (Wildman–Crippen MR) is 141 cm³/mol. The highest BCUT2D eigenvalue weighted by Gasteiger charge is 2.30. The third-order valence-corrected chi connectivity index (χ3v) is 7.19. The molecule has 0 atom stereocenters. The minimum Gasteiger partial charge on any atom is -0.469 e. The number of nitrogens with zero attached hydrogens (tertiary/aromatic N) is 2. The van der Waals surface area contributed by atoms with Gasteiger partial charge in [0, 0.05) is 31.4 Å². The van der Waals surface area contributed by atoms with Gasteiger partial charge in [0.05, 0.1) is 24.3 Å². The molecule has 2 amide bonds. The first-order valence-electron chi connectivity index (χ1n) is 12.6. The van der Waals surface area contributed by atoms with Gasteiger partial charge in [0.15, 0.2) is 0 Å². The van der Waals surface area contributed by atoms with E-state index in [1.54, 1.807) is 53.0 Å². The van der Waals surface area contributed by atoms with Gasteiger partial charge in [-0.2, -0.15) is 13.2 Å². The molecular formula is C29H30F3N3O4. The molecule has 10 heteroatoms. The number of hydrogen-bond acceptors (Lipinski definition) is 4. The fraction of sp³-hybridized carbons (Fsp3) is 0.345. The zero-order valence-corrected chi connectivity index (χ0v) is 21.7. The zero-order chi connectivity index (χ0) is 28.2. The number of alkyl halides is 3. The van der Waals surface area contributed by atoms with E-state index in [-0.39, 0.29) is 17.8 Å². The van der Waals surface area contributed by atoms with E-state index >= 15 is 0 Å². The maximum atomic E-state index is 13.2. The van der Waals surface area contributed by atoms with Crippen LogP contribution >= 0.6 is 0 Å². The normalized spacial score (nSPS) is 17.4. The van der Waals surface area contributed by atoms with Crippen LogP contribution in [-0.2, 0) is 27.5 Å². The van der Waals surface area contributed by atoms with E-state index in [2.05, 4.69) is 5.32 Å². The van der Waals surface area contributed by atoms with E-state index in [4.69, 9.17) is 4.74 Å². The molecule has 1 N–H and O–H groups in total. The fourth-order valence-corrected chi connectivity index (χ4v) is 5.09. The lowest BCUT2D eigenvalue weighted by Gasteiger charge is -2.30. The van der Waals surface area contributed by atoms with Gasteiger partial charge in [0.1, 0.15) is 5.82 Å². The number of halogens is 3. The van der Waals surface area contributed by atoms with Gasteiger partial charge >= 0.3 is 12.1 Å². The third-order valence-electron chi connectivity index (χ3n) is 7.19. The molecule has 0 aliphatic heterocycles. The van der Waals surface area contributed by atoms with Crippen molar-refractivity contribution in [2.75, 3.05) is 23.9 Å². The molecule has 0 radical (unpaired) electrons. The maximum Gasteiger partial charge on any atom is 0.416 e. The molecule has 1 aromatic heterocycles. The summed E-state index contributed by atoms with van der Waals surface area (Å²) in [6.45, 7) is 0.486. The van der Waals surface area contributed by atoms with Crippen molar-refractivity contribution < 1.29 is 32.3 Å². The van der Waals surface area contributed by atoms with Crippen molar-refractivity contribution in [1.29, 1.82) is 0 Å². The zero-order valence-electron chi connectivity index (χ0n) is 21.7. The lowest BCUT2D eigenvalue weighted by molar-refractivity contribution is -0.146. The Balaban J connectivity index is 1.46. The van der Waals surface area contributed by atoms with Crippen LogP contribution in [0.3, 0.4) is 0 Å². The lowest BCUT2D eigenvalue weighted by Crippen LogP contribution is -2.33. The Morgan fingerprint density at radius 3 is 2.36 bits per heavy atom. The number of carbonyl (C=O) groups excluding carboxylic acids is 3. The number of nitrogens with one attached hydrogen (secondary N) is 1. The molecule has 1 aliphatic carbocycles. The summed E-state index contributed by atoms with van der Waals surface area (Å²) in [7, 11) is 3.16. The van der Waals surface area contributed by atoms with E-state index in [0.29, 0.717) is 34.7 Å². The van der Waals surface area contributed by atoms with E-state index in [1.165, 1.54) is 19.2 Å². The number of methoxy groups -OCH3 is 1. The maximum absolute atomic E-state index is 13.2. The number of rotatable bonds is 8. The second-order valence-corrected chi connectivity index (χ2v) is 9.77. The minimum atomic E-state index is -4.45. The van der Waals surface area contributed by atoms with Crippen LogP contribution in [0, 0.1) is 11.8 Å². The molecule has 2 aromatic carbocycles. The van der Waals surface area contributed by atoms with E-state index in [0.717, 1.165) is 44.2 Å². The Hall–Kier alpha value is -4.08. The molecule has 39 heavy (non-hydrogen) atoms. The molecule has 1 heterocycles. The third kappa shape index (κ3) is 6.50. The van der Waals surface area contributed by atoms with Crippen LogP contribution in [0.2, 0.25) is 0 Å². The average molecular weight is 542 g/mol. The highest BCUT2D eigenvalue weighted by Crippen LogP contribution is 2.33. The number of hydrogen-bond donors (Lipinski definition) is 1. The highest BCUT2D eigenvalue weighted by molar-refractivity contribution is 6.09. The van der Waals surface area contributed by atoms with Crippen molar-refractivity contribution >= 4 is 29.8 Å². The average Bonchev–Trinajstić information content (AvgIpc) is 3.30. The smallest absolute Gasteiger partial charge is 0.416 e. The van der Waals surface area contributed by atoms with Crippen LogP contribution in [0.15, 0.2) is 60.8 Å². The monoisotopic (exact) mass is 541 g/mol.